The van der Waals surface area contributed by atoms with Crippen LogP contribution in [0.15, 0.2) is 0 Å². The zero-order valence-corrected chi connectivity index (χ0v) is 8.27. The lowest BCUT2D eigenvalue weighted by Crippen LogP contribution is -2.67. The van der Waals surface area contributed by atoms with Gasteiger partial charge in [-0.15, -0.1) is 0 Å². The summed E-state index contributed by atoms with van der Waals surface area (Å²) in [6.07, 6.45) is 0. The molecule has 1 aliphatic heterocycles. The van der Waals surface area contributed by atoms with Crippen LogP contribution >= 0.6 is 0 Å². The summed E-state index contributed by atoms with van der Waals surface area (Å²) in [5, 5.41) is 0. The van der Waals surface area contributed by atoms with Crippen molar-refractivity contribution in [2.75, 3.05) is 27.2 Å². The Bertz CT molecular complexity index is 142. The Morgan fingerprint density at radius 2 is 1.73 bits per heavy atom. The minimum absolute atomic E-state index is 0.0990. The van der Waals surface area contributed by atoms with Crippen LogP contribution in [0.4, 0.5) is 0 Å². The van der Waals surface area contributed by atoms with E-state index in [4.69, 9.17) is 4.74 Å². The molecule has 2 nitrogen and oxygen atoms in total. The molecule has 0 amide bonds. The van der Waals surface area contributed by atoms with Crippen LogP contribution in [0.2, 0.25) is 0 Å². The summed E-state index contributed by atoms with van der Waals surface area (Å²) in [5.41, 5.74) is 0.357. The van der Waals surface area contributed by atoms with Gasteiger partial charge in [-0.1, -0.05) is 20.8 Å². The zero-order chi connectivity index (χ0) is 8.70. The smallest absolute Gasteiger partial charge is 0.0978 e. The Morgan fingerprint density at radius 1 is 1.27 bits per heavy atom. The van der Waals surface area contributed by atoms with E-state index in [9.17, 15) is 0 Å². The molecule has 1 heterocycles. The zero-order valence-electron chi connectivity index (χ0n) is 8.27. The fourth-order valence-electron chi connectivity index (χ4n) is 1.74. The molecule has 0 radical (unpaired) electrons. The second-order valence-corrected chi connectivity index (χ2v) is 4.62. The van der Waals surface area contributed by atoms with Crippen molar-refractivity contribution in [3.8, 4) is 0 Å². The van der Waals surface area contributed by atoms with Gasteiger partial charge in [-0.05, 0) is 12.5 Å². The molecule has 1 rings (SSSR count). The van der Waals surface area contributed by atoms with Crippen molar-refractivity contribution in [3.63, 3.8) is 0 Å². The average molecular weight is 157 g/mol. The highest BCUT2D eigenvalue weighted by Crippen LogP contribution is 2.39. The molecule has 2 heteroatoms. The van der Waals surface area contributed by atoms with Crippen molar-refractivity contribution >= 4 is 0 Å². The van der Waals surface area contributed by atoms with Crippen molar-refractivity contribution in [2.45, 2.75) is 26.4 Å². The average Bonchev–Trinajstić information content (AvgIpc) is 1.77. The minimum Gasteiger partial charge on any atom is -0.375 e. The first-order valence-electron chi connectivity index (χ1n) is 4.15. The van der Waals surface area contributed by atoms with E-state index >= 15 is 0 Å². The number of ether oxygens (including phenoxy) is 1. The summed E-state index contributed by atoms with van der Waals surface area (Å²) in [4.78, 5) is 2.29. The number of likely N-dealkylation sites (N-methyl/N-ethyl adjacent to an activating group) is 1. The summed E-state index contributed by atoms with van der Waals surface area (Å²) in [5.74, 6) is 0. The van der Waals surface area contributed by atoms with Crippen molar-refractivity contribution in [3.05, 3.63) is 0 Å². The van der Waals surface area contributed by atoms with Gasteiger partial charge in [0.15, 0.2) is 0 Å². The van der Waals surface area contributed by atoms with Gasteiger partial charge < -0.3 is 9.64 Å². The summed E-state index contributed by atoms with van der Waals surface area (Å²) >= 11 is 0. The predicted molar refractivity (Wildman–Crippen MR) is 46.7 cm³/mol. The van der Waals surface area contributed by atoms with E-state index in [0.29, 0.717) is 0 Å². The van der Waals surface area contributed by atoms with Gasteiger partial charge in [0.2, 0.25) is 0 Å². The molecule has 0 aromatic carbocycles. The first-order chi connectivity index (χ1) is 4.91. The molecule has 0 N–H and O–H groups in total. The van der Waals surface area contributed by atoms with Crippen molar-refractivity contribution in [1.29, 1.82) is 0 Å². The van der Waals surface area contributed by atoms with Crippen LogP contribution in [0.5, 0.6) is 0 Å². The van der Waals surface area contributed by atoms with Gasteiger partial charge in [-0.3, -0.25) is 0 Å². The van der Waals surface area contributed by atoms with Crippen LogP contribution < -0.4 is 0 Å². The van der Waals surface area contributed by atoms with E-state index in [1.54, 1.807) is 0 Å². The van der Waals surface area contributed by atoms with E-state index in [-0.39, 0.29) is 11.0 Å². The highest BCUT2D eigenvalue weighted by Gasteiger charge is 2.50. The molecular weight excluding hydrogens is 138 g/mol. The maximum absolute atomic E-state index is 5.57. The predicted octanol–water partition coefficient (Wildman–Crippen LogP) is 1.36. The lowest BCUT2D eigenvalue weighted by Gasteiger charge is -2.55. The second-order valence-electron chi connectivity index (χ2n) is 4.62. The maximum atomic E-state index is 5.57. The normalized spacial score (nSPS) is 24.8. The molecule has 0 unspecified atom stereocenters. The Labute approximate surface area is 69.5 Å². The third-order valence-corrected chi connectivity index (χ3v) is 2.81. The number of rotatable bonds is 1. The molecule has 0 spiro atoms. The Balaban J connectivity index is 2.65. The lowest BCUT2D eigenvalue weighted by molar-refractivity contribution is -0.176. The molecule has 1 saturated heterocycles. The van der Waals surface area contributed by atoms with Crippen LogP contribution in [-0.2, 0) is 4.74 Å². The molecule has 0 aromatic rings. The largest absolute Gasteiger partial charge is 0.375 e. The van der Waals surface area contributed by atoms with Crippen LogP contribution in [0.3, 0.4) is 0 Å². The molecule has 0 aliphatic carbocycles. The van der Waals surface area contributed by atoms with Crippen LogP contribution in [0.25, 0.3) is 0 Å². The fraction of sp³-hybridized carbons (Fsp3) is 1.00. The quantitative estimate of drug-likeness (QED) is 0.570. The SMILES string of the molecule is COC1(C(C)(C)C)CN(C)C1. The van der Waals surface area contributed by atoms with Crippen LogP contribution in [0.1, 0.15) is 20.8 Å². The van der Waals surface area contributed by atoms with Crippen LogP contribution in [-0.4, -0.2) is 37.7 Å². The molecule has 1 aliphatic rings. The van der Waals surface area contributed by atoms with E-state index in [1.165, 1.54) is 0 Å². The molecule has 1 fully saturated rings. The van der Waals surface area contributed by atoms with E-state index in [1.807, 2.05) is 7.11 Å². The minimum atomic E-state index is 0.0990. The van der Waals surface area contributed by atoms with Crippen molar-refractivity contribution in [1.82, 2.24) is 4.90 Å². The molecule has 0 atom stereocenters. The van der Waals surface area contributed by atoms with Crippen molar-refractivity contribution < 1.29 is 4.74 Å². The molecule has 0 bridgehead atoms. The van der Waals surface area contributed by atoms with Crippen molar-refractivity contribution in [2.24, 2.45) is 5.41 Å². The van der Waals surface area contributed by atoms with Gasteiger partial charge in [-0.2, -0.15) is 0 Å². The number of hydrogen-bond donors (Lipinski definition) is 0. The van der Waals surface area contributed by atoms with Gasteiger partial charge in [0.05, 0.1) is 5.60 Å². The second kappa shape index (κ2) is 2.46. The summed E-state index contributed by atoms with van der Waals surface area (Å²) in [7, 11) is 3.95. The highest BCUT2D eigenvalue weighted by atomic mass is 16.5. The van der Waals surface area contributed by atoms with Gasteiger partial charge in [-0.25, -0.2) is 0 Å². The highest BCUT2D eigenvalue weighted by molar-refractivity contribution is 5.03. The molecule has 0 saturated carbocycles. The third-order valence-electron chi connectivity index (χ3n) is 2.81. The molecule has 0 aromatic heterocycles. The topological polar surface area (TPSA) is 12.5 Å². The maximum Gasteiger partial charge on any atom is 0.0978 e. The molecule has 66 valence electrons. The number of hydrogen-bond acceptors (Lipinski definition) is 2. The van der Waals surface area contributed by atoms with E-state index in [0.717, 1.165) is 13.1 Å². The first-order valence-corrected chi connectivity index (χ1v) is 4.15. The van der Waals surface area contributed by atoms with Crippen LogP contribution in [0, 0.1) is 5.41 Å². The third kappa shape index (κ3) is 1.30. The van der Waals surface area contributed by atoms with E-state index in [2.05, 4.69) is 32.7 Å². The number of likely N-dealkylation sites (tertiary alicyclic amines) is 1. The Hall–Kier alpha value is -0.0800. The van der Waals surface area contributed by atoms with Gasteiger partial charge in [0.25, 0.3) is 0 Å². The Morgan fingerprint density at radius 3 is 1.82 bits per heavy atom. The standard InChI is InChI=1S/C9H19NO/c1-8(2,3)9(11-5)6-10(4)7-9/h6-7H2,1-5H3. The van der Waals surface area contributed by atoms with Gasteiger partial charge >= 0.3 is 0 Å². The Kier molecular flexibility index (Phi) is 2.01. The molecular formula is C9H19NO. The summed E-state index contributed by atoms with van der Waals surface area (Å²) in [6.45, 7) is 8.84. The van der Waals surface area contributed by atoms with E-state index < -0.39 is 0 Å². The van der Waals surface area contributed by atoms with Gasteiger partial charge in [0.1, 0.15) is 0 Å². The summed E-state index contributed by atoms with van der Waals surface area (Å²) in [6, 6.07) is 0. The van der Waals surface area contributed by atoms with Gasteiger partial charge in [0, 0.05) is 20.2 Å². The molecule has 11 heavy (non-hydrogen) atoms. The monoisotopic (exact) mass is 157 g/mol. The lowest BCUT2D eigenvalue weighted by atomic mass is 9.71. The first kappa shape index (κ1) is 9.01. The number of methoxy groups -OCH3 is 1. The fourth-order valence-corrected chi connectivity index (χ4v) is 1.74. The summed E-state index contributed by atoms with van der Waals surface area (Å²) < 4.78 is 5.57. The number of nitrogens with zero attached hydrogens (tertiary/aromatic N) is 1.